The van der Waals surface area contributed by atoms with Crippen molar-refractivity contribution in [3.05, 3.63) is 33.4 Å². The van der Waals surface area contributed by atoms with E-state index in [-0.39, 0.29) is 24.6 Å². The minimum Gasteiger partial charge on any atom is -0.502 e. The largest absolute Gasteiger partial charge is 0.502 e. The molecular formula is C12H12ClF2N3O5. The number of nitro benzene ring substituents is 1. The summed E-state index contributed by atoms with van der Waals surface area (Å²) in [5.74, 6) is -7.32. The quantitative estimate of drug-likeness (QED) is 0.468. The van der Waals surface area contributed by atoms with Crippen molar-refractivity contribution < 1.29 is 28.3 Å². The highest BCUT2D eigenvalue weighted by atomic mass is 35.5. The lowest BCUT2D eigenvalue weighted by Gasteiger charge is -2.22. The number of rotatable bonds is 5. The van der Waals surface area contributed by atoms with Gasteiger partial charge in [0.2, 0.25) is 0 Å². The van der Waals surface area contributed by atoms with Crippen molar-refractivity contribution in [1.82, 2.24) is 0 Å². The van der Waals surface area contributed by atoms with Gasteiger partial charge in [-0.3, -0.25) is 10.1 Å². The summed E-state index contributed by atoms with van der Waals surface area (Å²) in [6.45, 7) is 0.976. The molecule has 0 aliphatic carbocycles. The van der Waals surface area contributed by atoms with Gasteiger partial charge in [-0.1, -0.05) is 0 Å². The number of esters is 1. The van der Waals surface area contributed by atoms with E-state index in [1.54, 1.807) is 0 Å². The fraction of sp³-hybridized carbons (Fsp3) is 0.333. The number of phenols is 1. The fourth-order valence-electron chi connectivity index (χ4n) is 1.63. The Bertz CT molecular complexity index is 663. The first-order valence-electron chi connectivity index (χ1n) is 5.88. The number of halogens is 3. The monoisotopic (exact) mass is 351 g/mol. The summed E-state index contributed by atoms with van der Waals surface area (Å²) in [7, 11) is 0. The molecule has 126 valence electrons. The number of nitrogens with two attached hydrogens (primary N) is 1. The Kier molecular flexibility index (Phi) is 6.83. The van der Waals surface area contributed by atoms with Crippen LogP contribution < -0.4 is 5.73 Å². The maximum atomic E-state index is 13.9. The van der Waals surface area contributed by atoms with E-state index in [9.17, 15) is 28.8 Å². The van der Waals surface area contributed by atoms with Crippen LogP contribution in [0.15, 0.2) is 12.1 Å². The molecule has 0 radical (unpaired) electrons. The first-order chi connectivity index (χ1) is 10.2. The average molecular weight is 352 g/mol. The Morgan fingerprint density at radius 2 is 2.17 bits per heavy atom. The summed E-state index contributed by atoms with van der Waals surface area (Å²) in [6.07, 6.45) is 0. The van der Waals surface area contributed by atoms with E-state index >= 15 is 0 Å². The first kappa shape index (κ1) is 20.5. The third kappa shape index (κ3) is 4.02. The number of nitriles is 1. The normalized spacial score (nSPS) is 11.8. The summed E-state index contributed by atoms with van der Waals surface area (Å²) in [5.41, 5.74) is 3.12. The molecule has 0 unspecified atom stereocenters. The Labute approximate surface area is 135 Å². The molecule has 11 heteroatoms. The minimum atomic E-state index is -4.24. The number of alkyl halides is 2. The van der Waals surface area contributed by atoms with Gasteiger partial charge in [0.05, 0.1) is 23.2 Å². The van der Waals surface area contributed by atoms with Crippen LogP contribution in [0, 0.1) is 21.4 Å². The van der Waals surface area contributed by atoms with E-state index in [0.717, 1.165) is 6.07 Å². The molecule has 8 nitrogen and oxygen atoms in total. The van der Waals surface area contributed by atoms with Crippen LogP contribution in [0.5, 0.6) is 5.75 Å². The van der Waals surface area contributed by atoms with Gasteiger partial charge < -0.3 is 15.6 Å². The van der Waals surface area contributed by atoms with Gasteiger partial charge >= 0.3 is 17.6 Å². The van der Waals surface area contributed by atoms with Crippen LogP contribution in [-0.4, -0.2) is 28.5 Å². The van der Waals surface area contributed by atoms with Crippen LogP contribution in [0.25, 0.3) is 0 Å². The van der Waals surface area contributed by atoms with Gasteiger partial charge in [0.1, 0.15) is 6.04 Å². The molecular weight excluding hydrogens is 340 g/mol. The van der Waals surface area contributed by atoms with Gasteiger partial charge in [0.15, 0.2) is 5.75 Å². The zero-order chi connectivity index (χ0) is 17.1. The topological polar surface area (TPSA) is 139 Å². The third-order valence-corrected chi connectivity index (χ3v) is 2.72. The fourth-order valence-corrected chi connectivity index (χ4v) is 1.63. The predicted octanol–water partition coefficient (Wildman–Crippen LogP) is 1.79. The van der Waals surface area contributed by atoms with Crippen molar-refractivity contribution in [3.63, 3.8) is 0 Å². The lowest BCUT2D eigenvalue weighted by molar-refractivity contribution is -0.386. The number of nitro groups is 1. The second-order valence-electron chi connectivity index (χ2n) is 4.12. The van der Waals surface area contributed by atoms with Gasteiger partial charge in [-0.05, 0) is 13.0 Å². The van der Waals surface area contributed by atoms with Gasteiger partial charge in [0.25, 0.3) is 0 Å². The van der Waals surface area contributed by atoms with Crippen molar-refractivity contribution in [2.24, 2.45) is 5.73 Å². The van der Waals surface area contributed by atoms with E-state index < -0.39 is 39.9 Å². The molecule has 0 spiro atoms. The van der Waals surface area contributed by atoms with Crippen molar-refractivity contribution >= 4 is 24.1 Å². The summed E-state index contributed by atoms with van der Waals surface area (Å²) >= 11 is 0. The average Bonchev–Trinajstić information content (AvgIpc) is 2.46. The van der Waals surface area contributed by atoms with Crippen LogP contribution in [0.4, 0.5) is 14.5 Å². The van der Waals surface area contributed by atoms with Gasteiger partial charge in [0, 0.05) is 11.6 Å². The number of nitrogens with zero attached hydrogens (tertiary/aromatic N) is 2. The zero-order valence-corrected chi connectivity index (χ0v) is 12.5. The number of carbonyl (C=O) groups is 1. The Hall–Kier alpha value is -2.51. The Morgan fingerprint density at radius 3 is 2.61 bits per heavy atom. The number of aromatic hydroxyl groups is 1. The molecule has 0 aromatic heterocycles. The highest BCUT2D eigenvalue weighted by Gasteiger charge is 2.49. The van der Waals surface area contributed by atoms with E-state index in [0.29, 0.717) is 6.07 Å². The summed E-state index contributed by atoms with van der Waals surface area (Å²) < 4.78 is 31.9. The van der Waals surface area contributed by atoms with Crippen LogP contribution in [-0.2, 0) is 9.53 Å². The second-order valence-corrected chi connectivity index (χ2v) is 4.12. The van der Waals surface area contributed by atoms with Gasteiger partial charge in [-0.25, -0.2) is 4.79 Å². The molecule has 3 N–H and O–H groups in total. The molecule has 1 rings (SSSR count). The van der Waals surface area contributed by atoms with Crippen LogP contribution in [0.3, 0.4) is 0 Å². The molecule has 0 amide bonds. The molecule has 1 aromatic carbocycles. The van der Waals surface area contributed by atoms with Gasteiger partial charge in [-0.2, -0.15) is 14.0 Å². The van der Waals surface area contributed by atoms with Crippen LogP contribution in [0.1, 0.15) is 24.1 Å². The Balaban J connectivity index is 0.00000484. The summed E-state index contributed by atoms with van der Waals surface area (Å²) in [5, 5.41) is 29.2. The molecule has 0 fully saturated rings. The zero-order valence-electron chi connectivity index (χ0n) is 11.7. The van der Waals surface area contributed by atoms with Crippen LogP contribution in [0.2, 0.25) is 0 Å². The molecule has 0 aliphatic rings. The lowest BCUT2D eigenvalue weighted by atomic mass is 9.97. The van der Waals surface area contributed by atoms with E-state index in [1.165, 1.54) is 13.0 Å². The lowest BCUT2D eigenvalue weighted by Crippen LogP contribution is -2.41. The highest BCUT2D eigenvalue weighted by Crippen LogP contribution is 2.40. The van der Waals surface area contributed by atoms with Crippen molar-refractivity contribution in [3.8, 4) is 11.8 Å². The number of phenolic OH excluding ortho intramolecular Hbond substituents is 1. The maximum absolute atomic E-state index is 13.9. The predicted molar refractivity (Wildman–Crippen MR) is 75.2 cm³/mol. The van der Waals surface area contributed by atoms with Crippen molar-refractivity contribution in [2.45, 2.75) is 18.9 Å². The third-order valence-electron chi connectivity index (χ3n) is 2.72. The van der Waals surface area contributed by atoms with Crippen molar-refractivity contribution in [1.29, 1.82) is 5.26 Å². The number of ether oxygens (including phenoxy) is 1. The van der Waals surface area contributed by atoms with Crippen LogP contribution >= 0.6 is 12.4 Å². The van der Waals surface area contributed by atoms with Crippen molar-refractivity contribution in [2.75, 3.05) is 6.61 Å². The smallest absolute Gasteiger partial charge is 0.379 e. The van der Waals surface area contributed by atoms with E-state index in [2.05, 4.69) is 4.74 Å². The van der Waals surface area contributed by atoms with E-state index in [4.69, 9.17) is 11.0 Å². The molecule has 0 saturated heterocycles. The first-order valence-corrected chi connectivity index (χ1v) is 5.88. The number of carbonyl (C=O) groups excluding carboxylic acids is 1. The molecule has 0 aliphatic heterocycles. The molecule has 0 saturated carbocycles. The minimum absolute atomic E-state index is 0. The SMILES string of the molecule is CCOC(=O)C(F)(F)[C@H](N)c1cc(C#N)cc([N+](=O)[O-])c1O.Cl. The van der Waals surface area contributed by atoms with E-state index in [1.807, 2.05) is 0 Å². The summed E-state index contributed by atoms with van der Waals surface area (Å²) in [6, 6.07) is 0.553. The maximum Gasteiger partial charge on any atom is 0.379 e. The number of hydrogen-bond donors (Lipinski definition) is 2. The number of benzene rings is 1. The second kappa shape index (κ2) is 7.66. The molecule has 1 aromatic rings. The van der Waals surface area contributed by atoms with Gasteiger partial charge in [-0.15, -0.1) is 12.4 Å². The summed E-state index contributed by atoms with van der Waals surface area (Å²) in [4.78, 5) is 20.9. The molecule has 0 bridgehead atoms. The number of hydrogen-bond acceptors (Lipinski definition) is 7. The molecule has 1 atom stereocenters. The molecule has 0 heterocycles. The molecule has 23 heavy (non-hydrogen) atoms. The highest BCUT2D eigenvalue weighted by molar-refractivity contribution is 5.85. The standard InChI is InChI=1S/C12H11F2N3O5.ClH/c1-2-22-11(19)12(13,14)10(16)7-3-6(5-15)4-8(9(7)18)17(20)21;/h3-4,10,18H,2,16H2,1H3;1H/t10-;/m1./s1. The Morgan fingerprint density at radius 1 is 1.61 bits per heavy atom.